The van der Waals surface area contributed by atoms with Crippen molar-refractivity contribution in [1.82, 2.24) is 4.98 Å². The van der Waals surface area contributed by atoms with E-state index in [9.17, 15) is 10.2 Å². The minimum atomic E-state index is -1.20. The highest BCUT2D eigenvalue weighted by molar-refractivity contribution is 6.32. The normalized spacial score (nSPS) is 15.0. The van der Waals surface area contributed by atoms with Crippen molar-refractivity contribution in [3.63, 3.8) is 0 Å². The van der Waals surface area contributed by atoms with E-state index in [-0.39, 0.29) is 23.7 Å². The van der Waals surface area contributed by atoms with E-state index < -0.39 is 12.2 Å². The van der Waals surface area contributed by atoms with Gasteiger partial charge in [-0.3, -0.25) is 0 Å². The first-order valence-electron chi connectivity index (χ1n) is 4.34. The Kier molecular flexibility index (Phi) is 4.76. The molecule has 0 aliphatic heterocycles. The number of hydrogen-bond acceptors (Lipinski definition) is 4. The molecule has 0 radical (unpaired) electrons. The number of aromatic nitrogens is 1. The average Bonchev–Trinajstić information content (AvgIpc) is 2.21. The molecule has 4 nitrogen and oxygen atoms in total. The molecule has 0 bridgehead atoms. The van der Waals surface area contributed by atoms with Gasteiger partial charge in [0.15, 0.2) is 0 Å². The van der Waals surface area contributed by atoms with E-state index in [2.05, 4.69) is 4.98 Å². The van der Waals surface area contributed by atoms with E-state index in [0.29, 0.717) is 5.02 Å². The van der Waals surface area contributed by atoms with Gasteiger partial charge in [-0.25, -0.2) is 4.98 Å². The van der Waals surface area contributed by atoms with Gasteiger partial charge < -0.3 is 15.3 Å². The van der Waals surface area contributed by atoms with Gasteiger partial charge in [-0.2, -0.15) is 0 Å². The third-order valence-corrected chi connectivity index (χ3v) is 2.46. The smallest absolute Gasteiger partial charge is 0.135 e. The molecule has 2 atom stereocenters. The van der Waals surface area contributed by atoms with Crippen molar-refractivity contribution in [2.24, 2.45) is 0 Å². The number of aliphatic hydroxyl groups excluding tert-OH is 3. The summed E-state index contributed by atoms with van der Waals surface area (Å²) < 4.78 is 0. The van der Waals surface area contributed by atoms with Crippen LogP contribution in [0.5, 0.6) is 0 Å². The van der Waals surface area contributed by atoms with Crippen LogP contribution in [0.15, 0.2) is 12.3 Å². The lowest BCUT2D eigenvalue weighted by molar-refractivity contribution is 0.00410. The maximum absolute atomic E-state index is 9.68. The summed E-state index contributed by atoms with van der Waals surface area (Å²) in [4.78, 5) is 3.74. The number of aliphatic hydroxyl groups is 3. The number of pyridine rings is 1. The quantitative estimate of drug-likeness (QED) is 0.703. The van der Waals surface area contributed by atoms with E-state index in [1.165, 1.54) is 12.3 Å². The lowest BCUT2D eigenvalue weighted by Gasteiger charge is -2.17. The number of rotatable bonds is 4. The van der Waals surface area contributed by atoms with Crippen molar-refractivity contribution in [1.29, 1.82) is 0 Å². The summed E-state index contributed by atoms with van der Waals surface area (Å²) in [6.07, 6.45) is -0.883. The molecule has 0 saturated carbocycles. The molecule has 84 valence electrons. The van der Waals surface area contributed by atoms with Crippen molar-refractivity contribution in [2.75, 3.05) is 6.61 Å². The van der Waals surface area contributed by atoms with Crippen LogP contribution >= 0.6 is 23.2 Å². The minimum absolute atomic E-state index is 0.0595. The van der Waals surface area contributed by atoms with Crippen LogP contribution in [0.4, 0.5) is 0 Å². The average molecular weight is 252 g/mol. The number of hydrogen-bond donors (Lipinski definition) is 3. The summed E-state index contributed by atoms with van der Waals surface area (Å²) in [5.41, 5.74) is 0.255. The zero-order chi connectivity index (χ0) is 11.4. The summed E-state index contributed by atoms with van der Waals surface area (Å²) >= 11 is 11.4. The molecule has 0 fully saturated rings. The molecular weight excluding hydrogens is 241 g/mol. The highest BCUT2D eigenvalue weighted by Gasteiger charge is 2.21. The van der Waals surface area contributed by atoms with Crippen LogP contribution in [0.2, 0.25) is 10.2 Å². The van der Waals surface area contributed by atoms with E-state index in [0.717, 1.165) is 0 Å². The van der Waals surface area contributed by atoms with Crippen molar-refractivity contribution >= 4 is 23.2 Å². The molecular formula is C9H11Cl2NO3. The molecule has 1 heterocycles. The Labute approximate surface area is 97.1 Å². The Balaban J connectivity index is 2.89. The highest BCUT2D eigenvalue weighted by Crippen LogP contribution is 2.27. The van der Waals surface area contributed by atoms with E-state index in [1.807, 2.05) is 0 Å². The van der Waals surface area contributed by atoms with Crippen molar-refractivity contribution < 1.29 is 15.3 Å². The van der Waals surface area contributed by atoms with E-state index >= 15 is 0 Å². The molecule has 0 aromatic carbocycles. The van der Waals surface area contributed by atoms with Crippen LogP contribution in [-0.2, 0) is 0 Å². The Morgan fingerprint density at radius 3 is 2.60 bits per heavy atom. The topological polar surface area (TPSA) is 73.6 Å². The van der Waals surface area contributed by atoms with Gasteiger partial charge in [0, 0.05) is 18.4 Å². The second-order valence-corrected chi connectivity index (χ2v) is 3.85. The largest absolute Gasteiger partial charge is 0.396 e. The Morgan fingerprint density at radius 2 is 2.00 bits per heavy atom. The highest BCUT2D eigenvalue weighted by atomic mass is 35.5. The molecule has 0 aliphatic carbocycles. The fourth-order valence-electron chi connectivity index (χ4n) is 1.14. The summed E-state index contributed by atoms with van der Waals surface area (Å²) in [5.74, 6) is 0. The first kappa shape index (κ1) is 12.7. The Bertz CT molecular complexity index is 335. The molecule has 0 spiro atoms. The van der Waals surface area contributed by atoms with Gasteiger partial charge in [-0.1, -0.05) is 23.2 Å². The summed E-state index contributed by atoms with van der Waals surface area (Å²) in [7, 11) is 0. The second-order valence-electron chi connectivity index (χ2n) is 3.06. The summed E-state index contributed by atoms with van der Waals surface area (Å²) in [5, 5.41) is 28.1. The maximum atomic E-state index is 9.68. The van der Waals surface area contributed by atoms with Gasteiger partial charge in [0.05, 0.1) is 11.1 Å². The lowest BCUT2D eigenvalue weighted by atomic mass is 10.0. The fraction of sp³-hybridized carbons (Fsp3) is 0.444. The van der Waals surface area contributed by atoms with Crippen molar-refractivity contribution in [3.05, 3.63) is 28.0 Å². The monoisotopic (exact) mass is 251 g/mol. The first-order chi connectivity index (χ1) is 7.06. The van der Waals surface area contributed by atoms with E-state index in [1.54, 1.807) is 0 Å². The maximum Gasteiger partial charge on any atom is 0.135 e. The molecule has 3 N–H and O–H groups in total. The number of nitrogens with zero attached hydrogens (tertiary/aromatic N) is 1. The predicted molar refractivity (Wildman–Crippen MR) is 56.9 cm³/mol. The predicted octanol–water partition coefficient (Wildman–Crippen LogP) is 1.17. The van der Waals surface area contributed by atoms with Gasteiger partial charge in [0.2, 0.25) is 0 Å². The summed E-state index contributed by atoms with van der Waals surface area (Å²) in [6.45, 7) is -0.218. The molecule has 1 aromatic heterocycles. The van der Waals surface area contributed by atoms with Gasteiger partial charge in [0.1, 0.15) is 11.3 Å². The van der Waals surface area contributed by atoms with Crippen LogP contribution in [0.3, 0.4) is 0 Å². The Morgan fingerprint density at radius 1 is 1.33 bits per heavy atom. The Hall–Kier alpha value is -0.390. The first-order valence-corrected chi connectivity index (χ1v) is 5.09. The molecule has 6 heteroatoms. The molecule has 0 amide bonds. The second kappa shape index (κ2) is 5.63. The van der Waals surface area contributed by atoms with E-state index in [4.69, 9.17) is 28.3 Å². The van der Waals surface area contributed by atoms with Crippen LogP contribution < -0.4 is 0 Å². The molecule has 0 saturated heterocycles. The third kappa shape index (κ3) is 3.29. The standard InChI is InChI=1S/C9H11Cl2NO3/c10-5-3-6(9(11)12-4-5)8(15)7(14)1-2-13/h3-4,7-8,13-15H,1-2H2. The van der Waals surface area contributed by atoms with Crippen LogP contribution in [-0.4, -0.2) is 33.0 Å². The fourth-order valence-corrected chi connectivity index (χ4v) is 1.52. The third-order valence-electron chi connectivity index (χ3n) is 1.94. The van der Waals surface area contributed by atoms with Crippen LogP contribution in [0, 0.1) is 0 Å². The van der Waals surface area contributed by atoms with Gasteiger partial charge in [-0.15, -0.1) is 0 Å². The van der Waals surface area contributed by atoms with Crippen LogP contribution in [0.1, 0.15) is 18.1 Å². The zero-order valence-electron chi connectivity index (χ0n) is 7.77. The molecule has 15 heavy (non-hydrogen) atoms. The minimum Gasteiger partial charge on any atom is -0.396 e. The zero-order valence-corrected chi connectivity index (χ0v) is 9.28. The van der Waals surface area contributed by atoms with Gasteiger partial charge >= 0.3 is 0 Å². The van der Waals surface area contributed by atoms with Gasteiger partial charge in [-0.05, 0) is 12.5 Å². The van der Waals surface area contributed by atoms with Gasteiger partial charge in [0.25, 0.3) is 0 Å². The van der Waals surface area contributed by atoms with Crippen molar-refractivity contribution in [3.8, 4) is 0 Å². The van der Waals surface area contributed by atoms with Crippen molar-refractivity contribution in [2.45, 2.75) is 18.6 Å². The van der Waals surface area contributed by atoms with Crippen LogP contribution in [0.25, 0.3) is 0 Å². The molecule has 1 aromatic rings. The number of halogens is 2. The lowest BCUT2D eigenvalue weighted by Crippen LogP contribution is -2.20. The summed E-state index contributed by atoms with van der Waals surface area (Å²) in [6, 6.07) is 1.43. The molecule has 0 aliphatic rings. The SMILES string of the molecule is OCCC(O)C(O)c1cc(Cl)cnc1Cl. The molecule has 2 unspecified atom stereocenters. The molecule has 1 rings (SSSR count).